The molecule has 1 amide bonds. The second kappa shape index (κ2) is 6.78. The van der Waals surface area contributed by atoms with Gasteiger partial charge in [-0.05, 0) is 47.6 Å². The van der Waals surface area contributed by atoms with Crippen LogP contribution in [0.2, 0.25) is 5.02 Å². The molecule has 0 bridgehead atoms. The smallest absolute Gasteiger partial charge is 0.241 e. The van der Waals surface area contributed by atoms with E-state index in [1.807, 2.05) is 24.0 Å². The van der Waals surface area contributed by atoms with Gasteiger partial charge in [0.1, 0.15) is 0 Å². The fraction of sp³-hybridized carbons (Fsp3) is 0.500. The summed E-state index contributed by atoms with van der Waals surface area (Å²) in [5.41, 5.74) is 1.86. The Hall–Kier alpha value is -0.780. The van der Waals surface area contributed by atoms with Gasteiger partial charge >= 0.3 is 0 Å². The summed E-state index contributed by atoms with van der Waals surface area (Å²) in [5, 5.41) is 3.85. The first kappa shape index (κ1) is 15.6. The number of likely N-dealkylation sites (N-methyl/N-ethyl adjacent to an activating group) is 1. The highest BCUT2D eigenvalue weighted by atomic mass is 79.9. The maximum Gasteiger partial charge on any atom is 0.241 e. The summed E-state index contributed by atoms with van der Waals surface area (Å²) in [6.07, 6.45) is 0. The van der Waals surface area contributed by atoms with Crippen LogP contribution in [0.1, 0.15) is 5.56 Å². The molecule has 1 aliphatic heterocycles. The van der Waals surface area contributed by atoms with Gasteiger partial charge in [-0.15, -0.1) is 0 Å². The first-order chi connectivity index (χ1) is 9.47. The van der Waals surface area contributed by atoms with Gasteiger partial charge in [-0.2, -0.15) is 0 Å². The van der Waals surface area contributed by atoms with Crippen molar-refractivity contribution < 1.29 is 4.79 Å². The SMILES string of the molecule is Cc1cc(Br)c(NCC(=O)N2CCN(C)CC2)cc1Cl. The second-order valence-electron chi connectivity index (χ2n) is 5.12. The number of aryl methyl sites for hydroxylation is 1. The molecule has 1 aliphatic rings. The number of hydrogen-bond donors (Lipinski definition) is 1. The van der Waals surface area contributed by atoms with E-state index in [0.29, 0.717) is 11.6 Å². The number of hydrogen-bond acceptors (Lipinski definition) is 3. The van der Waals surface area contributed by atoms with Gasteiger partial charge in [-0.3, -0.25) is 4.79 Å². The standard InChI is InChI=1S/C14H19BrClN3O/c1-10-7-11(15)13(8-12(10)16)17-9-14(20)19-5-3-18(2)4-6-19/h7-8,17H,3-6,9H2,1-2H3. The maximum atomic E-state index is 12.1. The van der Waals surface area contributed by atoms with E-state index in [9.17, 15) is 4.79 Å². The zero-order valence-corrected chi connectivity index (χ0v) is 14.1. The molecule has 6 heteroatoms. The summed E-state index contributed by atoms with van der Waals surface area (Å²) in [4.78, 5) is 16.3. The zero-order chi connectivity index (χ0) is 14.7. The lowest BCUT2D eigenvalue weighted by Crippen LogP contribution is -2.48. The number of halogens is 2. The quantitative estimate of drug-likeness (QED) is 0.900. The van der Waals surface area contributed by atoms with E-state index in [0.717, 1.165) is 41.9 Å². The number of carbonyl (C=O) groups excluding carboxylic acids is 1. The maximum absolute atomic E-state index is 12.1. The predicted molar refractivity (Wildman–Crippen MR) is 86.5 cm³/mol. The minimum absolute atomic E-state index is 0.127. The molecule has 0 aromatic heterocycles. The van der Waals surface area contributed by atoms with Gasteiger partial charge in [0.25, 0.3) is 0 Å². The molecule has 1 N–H and O–H groups in total. The third-order valence-electron chi connectivity index (χ3n) is 3.53. The number of nitrogens with one attached hydrogen (secondary N) is 1. The third kappa shape index (κ3) is 3.87. The molecule has 0 aliphatic carbocycles. The van der Waals surface area contributed by atoms with Crippen molar-refractivity contribution in [3.8, 4) is 0 Å². The average Bonchev–Trinajstić information content (AvgIpc) is 2.42. The van der Waals surface area contributed by atoms with E-state index in [-0.39, 0.29) is 5.91 Å². The van der Waals surface area contributed by atoms with Crippen LogP contribution in [0.15, 0.2) is 16.6 Å². The molecule has 1 aromatic rings. The topological polar surface area (TPSA) is 35.6 Å². The molecular weight excluding hydrogens is 342 g/mol. The van der Waals surface area contributed by atoms with E-state index in [1.165, 1.54) is 0 Å². The summed E-state index contributed by atoms with van der Waals surface area (Å²) in [7, 11) is 2.07. The van der Waals surface area contributed by atoms with Crippen LogP contribution >= 0.6 is 27.5 Å². The normalized spacial score (nSPS) is 16.3. The zero-order valence-electron chi connectivity index (χ0n) is 11.7. The Labute approximate surface area is 133 Å². The summed E-state index contributed by atoms with van der Waals surface area (Å²) in [6, 6.07) is 3.79. The van der Waals surface area contributed by atoms with Gasteiger partial charge in [-0.25, -0.2) is 0 Å². The minimum atomic E-state index is 0.127. The number of nitrogens with zero attached hydrogens (tertiary/aromatic N) is 2. The predicted octanol–water partition coefficient (Wildman–Crippen LogP) is 2.60. The van der Waals surface area contributed by atoms with Crippen molar-refractivity contribution in [1.29, 1.82) is 0 Å². The van der Waals surface area contributed by atoms with Crippen LogP contribution in [-0.4, -0.2) is 55.5 Å². The molecule has 1 heterocycles. The fourth-order valence-electron chi connectivity index (χ4n) is 2.12. The molecule has 20 heavy (non-hydrogen) atoms. The lowest BCUT2D eigenvalue weighted by molar-refractivity contribution is -0.130. The highest BCUT2D eigenvalue weighted by molar-refractivity contribution is 9.10. The number of benzene rings is 1. The average molecular weight is 361 g/mol. The van der Waals surface area contributed by atoms with Crippen molar-refractivity contribution in [3.05, 3.63) is 27.2 Å². The molecule has 110 valence electrons. The van der Waals surface area contributed by atoms with Gasteiger partial charge in [0, 0.05) is 35.7 Å². The molecule has 0 saturated carbocycles. The Balaban J connectivity index is 1.92. The van der Waals surface area contributed by atoms with Gasteiger partial charge in [0.2, 0.25) is 5.91 Å². The summed E-state index contributed by atoms with van der Waals surface area (Å²) in [5.74, 6) is 0.127. The van der Waals surface area contributed by atoms with Crippen LogP contribution < -0.4 is 5.32 Å². The van der Waals surface area contributed by atoms with E-state index < -0.39 is 0 Å². The van der Waals surface area contributed by atoms with Crippen molar-refractivity contribution in [2.75, 3.05) is 45.1 Å². The van der Waals surface area contributed by atoms with E-state index in [1.54, 1.807) is 0 Å². The number of anilines is 1. The van der Waals surface area contributed by atoms with Crippen LogP contribution in [-0.2, 0) is 4.79 Å². The molecule has 1 aromatic carbocycles. The van der Waals surface area contributed by atoms with Crippen LogP contribution in [0.25, 0.3) is 0 Å². The lowest BCUT2D eigenvalue weighted by Gasteiger charge is -2.32. The van der Waals surface area contributed by atoms with E-state index >= 15 is 0 Å². The lowest BCUT2D eigenvalue weighted by atomic mass is 10.2. The van der Waals surface area contributed by atoms with E-state index in [4.69, 9.17) is 11.6 Å². The highest BCUT2D eigenvalue weighted by Crippen LogP contribution is 2.29. The molecule has 1 fully saturated rings. The van der Waals surface area contributed by atoms with Crippen molar-refractivity contribution >= 4 is 39.1 Å². The second-order valence-corrected chi connectivity index (χ2v) is 6.38. The molecule has 2 rings (SSSR count). The van der Waals surface area contributed by atoms with Crippen LogP contribution in [0.5, 0.6) is 0 Å². The number of carbonyl (C=O) groups is 1. The molecule has 0 unspecified atom stereocenters. The fourth-order valence-corrected chi connectivity index (χ4v) is 2.88. The number of piperazine rings is 1. The van der Waals surface area contributed by atoms with Crippen LogP contribution in [0.3, 0.4) is 0 Å². The Morgan fingerprint density at radius 1 is 1.35 bits per heavy atom. The summed E-state index contributed by atoms with van der Waals surface area (Å²) < 4.78 is 0.922. The monoisotopic (exact) mass is 359 g/mol. The minimum Gasteiger partial charge on any atom is -0.375 e. The Bertz CT molecular complexity index is 501. The Morgan fingerprint density at radius 3 is 2.65 bits per heavy atom. The van der Waals surface area contributed by atoms with Crippen LogP contribution in [0.4, 0.5) is 5.69 Å². The van der Waals surface area contributed by atoms with Crippen molar-refractivity contribution in [3.63, 3.8) is 0 Å². The van der Waals surface area contributed by atoms with Gasteiger partial charge < -0.3 is 15.1 Å². The van der Waals surface area contributed by atoms with Gasteiger partial charge in [-0.1, -0.05) is 11.6 Å². The number of rotatable bonds is 3. The summed E-state index contributed by atoms with van der Waals surface area (Å²) >= 11 is 9.59. The van der Waals surface area contributed by atoms with Crippen molar-refractivity contribution in [2.45, 2.75) is 6.92 Å². The first-order valence-electron chi connectivity index (χ1n) is 6.63. The van der Waals surface area contributed by atoms with Crippen molar-refractivity contribution in [1.82, 2.24) is 9.80 Å². The van der Waals surface area contributed by atoms with Gasteiger partial charge in [0.15, 0.2) is 0 Å². The molecular formula is C14H19BrClN3O. The molecule has 1 saturated heterocycles. The number of amides is 1. The largest absolute Gasteiger partial charge is 0.375 e. The summed E-state index contributed by atoms with van der Waals surface area (Å²) in [6.45, 7) is 5.71. The molecule has 4 nitrogen and oxygen atoms in total. The highest BCUT2D eigenvalue weighted by Gasteiger charge is 2.18. The molecule has 0 atom stereocenters. The first-order valence-corrected chi connectivity index (χ1v) is 7.80. The molecule has 0 spiro atoms. The van der Waals surface area contributed by atoms with E-state index in [2.05, 4.69) is 33.2 Å². The van der Waals surface area contributed by atoms with Crippen LogP contribution in [0, 0.1) is 6.92 Å². The third-order valence-corrected chi connectivity index (χ3v) is 4.60. The van der Waals surface area contributed by atoms with Gasteiger partial charge in [0.05, 0.1) is 12.2 Å². The molecule has 0 radical (unpaired) electrons. The Kier molecular flexibility index (Phi) is 5.29. The van der Waals surface area contributed by atoms with Crippen molar-refractivity contribution in [2.24, 2.45) is 0 Å². The Morgan fingerprint density at radius 2 is 2.00 bits per heavy atom.